The van der Waals surface area contributed by atoms with Gasteiger partial charge in [-0.1, -0.05) is 19.8 Å². The Bertz CT molecular complexity index is 658. The molecule has 0 bridgehead atoms. The third-order valence-electron chi connectivity index (χ3n) is 3.11. The van der Waals surface area contributed by atoms with Crippen molar-refractivity contribution >= 4 is 16.0 Å². The van der Waals surface area contributed by atoms with E-state index in [9.17, 15) is 18.3 Å². The Morgan fingerprint density at radius 1 is 1.36 bits per heavy atom. The van der Waals surface area contributed by atoms with Gasteiger partial charge in [-0.25, -0.2) is 8.42 Å². The molecule has 0 aliphatic carbocycles. The number of carboxylic acid groups (broad SMARTS) is 1. The second-order valence-corrected chi connectivity index (χ2v) is 6.85. The summed E-state index contributed by atoms with van der Waals surface area (Å²) in [7, 11) is -2.56. The zero-order valence-electron chi connectivity index (χ0n) is 12.7. The highest BCUT2D eigenvalue weighted by atomic mass is 32.2. The van der Waals surface area contributed by atoms with Gasteiger partial charge in [-0.2, -0.15) is 4.31 Å². The largest absolute Gasteiger partial charge is 0.497 e. The molecule has 1 aromatic rings. The lowest BCUT2D eigenvalue weighted by atomic mass is 10.1. The maximum Gasteiger partial charge on any atom is 0.322 e. The van der Waals surface area contributed by atoms with Crippen LogP contribution in [0, 0.1) is 18.3 Å². The van der Waals surface area contributed by atoms with Crippen molar-refractivity contribution in [1.29, 1.82) is 0 Å². The first-order valence-electron chi connectivity index (χ1n) is 6.57. The first kappa shape index (κ1) is 18.0. The number of carboxylic acids is 1. The number of nitrogens with zero attached hydrogens (tertiary/aromatic N) is 1. The Hall–Kier alpha value is -2.04. The number of sulfonamides is 1. The van der Waals surface area contributed by atoms with Crippen LogP contribution in [0.5, 0.6) is 5.75 Å². The van der Waals surface area contributed by atoms with Crippen molar-refractivity contribution in [3.8, 4) is 18.1 Å². The number of carbonyl (C=O) groups is 1. The normalized spacial score (nSPS) is 12.9. The summed E-state index contributed by atoms with van der Waals surface area (Å²) in [6.07, 6.45) is 5.22. The molecule has 0 fully saturated rings. The van der Waals surface area contributed by atoms with Crippen molar-refractivity contribution < 1.29 is 23.1 Å². The lowest BCUT2D eigenvalue weighted by Crippen LogP contribution is -2.48. The van der Waals surface area contributed by atoms with Crippen LogP contribution < -0.4 is 4.74 Å². The van der Waals surface area contributed by atoms with Crippen molar-refractivity contribution in [2.24, 2.45) is 5.92 Å². The number of methoxy groups -OCH3 is 1. The number of ether oxygens (including phenoxy) is 1. The first-order chi connectivity index (χ1) is 10.3. The standard InChI is InChI=1S/C15H19NO5S/c1-5-10-16(14(11(2)3)15(17)18)22(19,20)13-8-6-12(21-4)7-9-13/h1,6-9,11,14H,10H2,2-4H3,(H,17,18)/t14-/m1/s1. The van der Waals surface area contributed by atoms with Gasteiger partial charge in [0, 0.05) is 0 Å². The summed E-state index contributed by atoms with van der Waals surface area (Å²) < 4.78 is 31.2. The van der Waals surface area contributed by atoms with Crippen molar-refractivity contribution in [3.05, 3.63) is 24.3 Å². The van der Waals surface area contributed by atoms with Crippen LogP contribution in [0.2, 0.25) is 0 Å². The van der Waals surface area contributed by atoms with Gasteiger partial charge >= 0.3 is 5.97 Å². The second-order valence-electron chi connectivity index (χ2n) is 4.96. The molecule has 1 N–H and O–H groups in total. The van der Waals surface area contributed by atoms with Gasteiger partial charge in [0.1, 0.15) is 11.8 Å². The van der Waals surface area contributed by atoms with Crippen molar-refractivity contribution in [1.82, 2.24) is 4.31 Å². The molecular weight excluding hydrogens is 306 g/mol. The van der Waals surface area contributed by atoms with Gasteiger partial charge in [0.2, 0.25) is 10.0 Å². The fourth-order valence-electron chi connectivity index (χ4n) is 2.05. The molecule has 0 amide bonds. The van der Waals surface area contributed by atoms with E-state index in [1.54, 1.807) is 13.8 Å². The monoisotopic (exact) mass is 325 g/mol. The minimum absolute atomic E-state index is 0.0320. The number of benzene rings is 1. The number of hydrogen-bond acceptors (Lipinski definition) is 4. The van der Waals surface area contributed by atoms with Crippen LogP contribution in [-0.4, -0.2) is 43.5 Å². The van der Waals surface area contributed by atoms with Crippen LogP contribution in [0.1, 0.15) is 13.8 Å². The Morgan fingerprint density at radius 2 is 1.91 bits per heavy atom. The van der Waals surface area contributed by atoms with Gasteiger partial charge in [-0.3, -0.25) is 4.79 Å². The summed E-state index contributed by atoms with van der Waals surface area (Å²) in [5.74, 6) is 1.05. The molecular formula is C15H19NO5S. The molecule has 0 aliphatic rings. The van der Waals surface area contributed by atoms with E-state index in [1.807, 2.05) is 0 Å². The Balaban J connectivity index is 3.33. The molecule has 120 valence electrons. The highest BCUT2D eigenvalue weighted by Gasteiger charge is 2.37. The lowest BCUT2D eigenvalue weighted by Gasteiger charge is -2.29. The highest BCUT2D eigenvalue weighted by Crippen LogP contribution is 2.23. The molecule has 22 heavy (non-hydrogen) atoms. The first-order valence-corrected chi connectivity index (χ1v) is 8.01. The van der Waals surface area contributed by atoms with E-state index in [-0.39, 0.29) is 11.4 Å². The summed E-state index contributed by atoms with van der Waals surface area (Å²) in [6, 6.07) is 4.47. The predicted octanol–water partition coefficient (Wildman–Crippen LogP) is 1.43. The molecule has 1 aromatic carbocycles. The zero-order chi connectivity index (χ0) is 16.9. The molecule has 1 rings (SSSR count). The molecule has 0 aliphatic heterocycles. The average molecular weight is 325 g/mol. The molecule has 6 nitrogen and oxygen atoms in total. The fraction of sp³-hybridized carbons (Fsp3) is 0.400. The number of aliphatic carboxylic acids is 1. The smallest absolute Gasteiger partial charge is 0.322 e. The molecule has 0 heterocycles. The SMILES string of the molecule is C#CCN([C@@H](C(=O)O)C(C)C)S(=O)(=O)c1ccc(OC)cc1. The average Bonchev–Trinajstić information content (AvgIpc) is 2.46. The molecule has 0 radical (unpaired) electrons. The summed E-state index contributed by atoms with van der Waals surface area (Å²) in [5.41, 5.74) is 0. The lowest BCUT2D eigenvalue weighted by molar-refractivity contribution is -0.142. The fourth-order valence-corrected chi connectivity index (χ4v) is 3.67. The zero-order valence-corrected chi connectivity index (χ0v) is 13.5. The van der Waals surface area contributed by atoms with Crippen molar-refractivity contribution in [2.75, 3.05) is 13.7 Å². The van der Waals surface area contributed by atoms with E-state index in [4.69, 9.17) is 11.2 Å². The van der Waals surface area contributed by atoms with Crippen molar-refractivity contribution in [2.45, 2.75) is 24.8 Å². The predicted molar refractivity (Wildman–Crippen MR) is 82.0 cm³/mol. The van der Waals surface area contributed by atoms with Crippen LogP contribution in [0.25, 0.3) is 0 Å². The minimum atomic E-state index is -4.02. The van der Waals surface area contributed by atoms with E-state index in [2.05, 4.69) is 5.92 Å². The number of terminal acetylenes is 1. The molecule has 0 unspecified atom stereocenters. The van der Waals surface area contributed by atoms with Crippen molar-refractivity contribution in [3.63, 3.8) is 0 Å². The Morgan fingerprint density at radius 3 is 2.27 bits per heavy atom. The van der Waals surface area contributed by atoms with Gasteiger partial charge in [0.25, 0.3) is 0 Å². The number of rotatable bonds is 7. The van der Waals surface area contributed by atoms with Gasteiger partial charge in [-0.05, 0) is 30.2 Å². The van der Waals surface area contributed by atoms with E-state index >= 15 is 0 Å². The second kappa shape index (κ2) is 7.29. The Labute approximate surface area is 130 Å². The van der Waals surface area contributed by atoms with Crippen LogP contribution in [0.4, 0.5) is 0 Å². The highest BCUT2D eigenvalue weighted by molar-refractivity contribution is 7.89. The summed E-state index contributed by atoms with van der Waals surface area (Å²) in [4.78, 5) is 11.4. The van der Waals surface area contributed by atoms with E-state index in [0.29, 0.717) is 5.75 Å². The van der Waals surface area contributed by atoms with Gasteiger partial charge in [0.15, 0.2) is 0 Å². The molecule has 0 saturated carbocycles. The quantitative estimate of drug-likeness (QED) is 0.767. The summed E-state index contributed by atoms with van der Waals surface area (Å²) in [5, 5.41) is 9.34. The minimum Gasteiger partial charge on any atom is -0.497 e. The molecule has 0 aromatic heterocycles. The van der Waals surface area contributed by atoms with Gasteiger partial charge in [0.05, 0.1) is 18.6 Å². The third kappa shape index (κ3) is 3.78. The van der Waals surface area contributed by atoms with Crippen LogP contribution in [0.3, 0.4) is 0 Å². The maximum absolute atomic E-state index is 12.7. The van der Waals surface area contributed by atoms with Gasteiger partial charge < -0.3 is 9.84 Å². The maximum atomic E-state index is 12.7. The van der Waals surface area contributed by atoms with Crippen LogP contribution in [0.15, 0.2) is 29.2 Å². The van der Waals surface area contributed by atoms with Gasteiger partial charge in [-0.15, -0.1) is 6.42 Å². The Kier molecular flexibility index (Phi) is 5.97. The van der Waals surface area contributed by atoms with Crippen LogP contribution in [-0.2, 0) is 14.8 Å². The molecule has 0 spiro atoms. The summed E-state index contributed by atoms with van der Waals surface area (Å²) >= 11 is 0. The molecule has 1 atom stereocenters. The topological polar surface area (TPSA) is 83.9 Å². The van der Waals surface area contributed by atoms with E-state index in [1.165, 1.54) is 31.4 Å². The molecule has 0 saturated heterocycles. The van der Waals surface area contributed by atoms with E-state index < -0.39 is 28.0 Å². The summed E-state index contributed by atoms with van der Waals surface area (Å²) in [6.45, 7) is 2.95. The molecule has 7 heteroatoms. The third-order valence-corrected chi connectivity index (χ3v) is 4.95. The van der Waals surface area contributed by atoms with Crippen LogP contribution >= 0.6 is 0 Å². The van der Waals surface area contributed by atoms with E-state index in [0.717, 1.165) is 4.31 Å². The number of hydrogen-bond donors (Lipinski definition) is 1.